The molecule has 0 fully saturated rings. The van der Waals surface area contributed by atoms with Crippen LogP contribution in [0.1, 0.15) is 24.3 Å². The van der Waals surface area contributed by atoms with Crippen LogP contribution >= 0.6 is 11.6 Å². The van der Waals surface area contributed by atoms with Crippen molar-refractivity contribution in [2.75, 3.05) is 5.32 Å². The van der Waals surface area contributed by atoms with Gasteiger partial charge in [0.05, 0.1) is 17.9 Å². The van der Waals surface area contributed by atoms with Crippen LogP contribution in [-0.4, -0.2) is 10.2 Å². The summed E-state index contributed by atoms with van der Waals surface area (Å²) in [6, 6.07) is 4.11. The van der Waals surface area contributed by atoms with Crippen LogP contribution in [0.3, 0.4) is 0 Å². The van der Waals surface area contributed by atoms with Crippen LogP contribution in [0.15, 0.2) is 33.6 Å². The summed E-state index contributed by atoms with van der Waals surface area (Å²) in [7, 11) is 0. The Morgan fingerprint density at radius 3 is 3.00 bits per heavy atom. The van der Waals surface area contributed by atoms with E-state index in [1.54, 1.807) is 6.07 Å². The molecule has 0 bridgehead atoms. The second-order valence-electron chi connectivity index (χ2n) is 5.02. The SMILES string of the molecule is Cc1c([C@H](C)Nc2cn[nH]c(=O)c2Cl)oc2ccc(F)cc12. The average molecular weight is 322 g/mol. The summed E-state index contributed by atoms with van der Waals surface area (Å²) in [5.74, 6) is 0.336. The van der Waals surface area contributed by atoms with E-state index in [-0.39, 0.29) is 16.9 Å². The van der Waals surface area contributed by atoms with Gasteiger partial charge in [0.1, 0.15) is 22.2 Å². The van der Waals surface area contributed by atoms with E-state index < -0.39 is 5.56 Å². The van der Waals surface area contributed by atoms with Crippen LogP contribution in [0.25, 0.3) is 11.0 Å². The Balaban J connectivity index is 1.98. The number of hydrogen-bond acceptors (Lipinski definition) is 4. The lowest BCUT2D eigenvalue weighted by Crippen LogP contribution is -2.14. The van der Waals surface area contributed by atoms with E-state index in [9.17, 15) is 9.18 Å². The average Bonchev–Trinajstić information content (AvgIpc) is 2.81. The van der Waals surface area contributed by atoms with E-state index in [2.05, 4.69) is 15.5 Å². The largest absolute Gasteiger partial charge is 0.459 e. The Labute approximate surface area is 130 Å². The van der Waals surface area contributed by atoms with E-state index in [1.807, 2.05) is 13.8 Å². The maximum atomic E-state index is 13.3. The topological polar surface area (TPSA) is 70.9 Å². The maximum absolute atomic E-state index is 13.3. The number of anilines is 1. The molecule has 0 saturated carbocycles. The van der Waals surface area contributed by atoms with Gasteiger partial charge in [-0.3, -0.25) is 4.79 Å². The van der Waals surface area contributed by atoms with E-state index in [4.69, 9.17) is 16.0 Å². The third kappa shape index (κ3) is 2.46. The van der Waals surface area contributed by atoms with Crippen molar-refractivity contribution in [3.63, 3.8) is 0 Å². The second kappa shape index (κ2) is 5.46. The van der Waals surface area contributed by atoms with Crippen molar-refractivity contribution in [1.29, 1.82) is 0 Å². The summed E-state index contributed by atoms with van der Waals surface area (Å²) in [6.07, 6.45) is 1.43. The number of halogens is 2. The van der Waals surface area contributed by atoms with Crippen LogP contribution < -0.4 is 10.9 Å². The van der Waals surface area contributed by atoms with E-state index in [0.29, 0.717) is 17.0 Å². The number of rotatable bonds is 3. The Kier molecular flexibility index (Phi) is 3.62. The fourth-order valence-corrected chi connectivity index (χ4v) is 2.55. The molecule has 0 unspecified atom stereocenters. The first-order valence-electron chi connectivity index (χ1n) is 6.65. The first kappa shape index (κ1) is 14.6. The van der Waals surface area contributed by atoms with Crippen LogP contribution in [0.4, 0.5) is 10.1 Å². The van der Waals surface area contributed by atoms with Crippen molar-refractivity contribution in [3.05, 3.63) is 56.9 Å². The Morgan fingerprint density at radius 2 is 2.23 bits per heavy atom. The summed E-state index contributed by atoms with van der Waals surface area (Å²) in [6.45, 7) is 3.72. The van der Waals surface area contributed by atoms with Gasteiger partial charge in [-0.15, -0.1) is 0 Å². The minimum absolute atomic E-state index is 0.0293. The lowest BCUT2D eigenvalue weighted by molar-refractivity contribution is 0.521. The molecule has 2 heterocycles. The first-order chi connectivity index (χ1) is 10.5. The molecule has 0 aliphatic carbocycles. The van der Waals surface area contributed by atoms with E-state index in [0.717, 1.165) is 10.9 Å². The minimum Gasteiger partial charge on any atom is -0.459 e. The number of fused-ring (bicyclic) bond motifs is 1. The summed E-state index contributed by atoms with van der Waals surface area (Å²) in [5.41, 5.74) is 1.38. The standard InChI is InChI=1S/C15H13ClFN3O2/c1-7-10-5-9(17)3-4-12(10)22-14(7)8(2)19-11-6-18-20-15(21)13(11)16/h3-6,8H,1-2H3,(H2,19,20,21)/t8-/m0/s1. The van der Waals surface area contributed by atoms with Gasteiger partial charge in [0, 0.05) is 10.9 Å². The molecule has 7 heteroatoms. The molecule has 1 atom stereocenters. The maximum Gasteiger partial charge on any atom is 0.285 e. The zero-order chi connectivity index (χ0) is 15.9. The van der Waals surface area contributed by atoms with Gasteiger partial charge < -0.3 is 9.73 Å². The summed E-state index contributed by atoms with van der Waals surface area (Å²) in [4.78, 5) is 11.4. The van der Waals surface area contributed by atoms with Crippen LogP contribution in [0.5, 0.6) is 0 Å². The highest BCUT2D eigenvalue weighted by Crippen LogP contribution is 2.32. The van der Waals surface area contributed by atoms with Crippen LogP contribution in [-0.2, 0) is 0 Å². The number of aryl methyl sites for hydroxylation is 1. The third-order valence-electron chi connectivity index (χ3n) is 3.50. The van der Waals surface area contributed by atoms with Crippen molar-refractivity contribution >= 4 is 28.3 Å². The normalized spacial score (nSPS) is 12.5. The van der Waals surface area contributed by atoms with Crippen LogP contribution in [0, 0.1) is 12.7 Å². The monoisotopic (exact) mass is 321 g/mol. The number of benzene rings is 1. The molecule has 2 N–H and O–H groups in total. The third-order valence-corrected chi connectivity index (χ3v) is 3.87. The molecule has 0 aliphatic rings. The van der Waals surface area contributed by atoms with Gasteiger partial charge in [-0.05, 0) is 32.0 Å². The Hall–Kier alpha value is -2.34. The molecule has 22 heavy (non-hydrogen) atoms. The Bertz CT molecular complexity index is 903. The molecule has 0 amide bonds. The van der Waals surface area contributed by atoms with E-state index in [1.165, 1.54) is 18.3 Å². The molecule has 0 spiro atoms. The van der Waals surface area contributed by atoms with Gasteiger partial charge in [0.15, 0.2) is 0 Å². The van der Waals surface area contributed by atoms with E-state index >= 15 is 0 Å². The molecule has 5 nitrogen and oxygen atoms in total. The van der Waals surface area contributed by atoms with Gasteiger partial charge in [0.25, 0.3) is 5.56 Å². The fraction of sp³-hybridized carbons (Fsp3) is 0.200. The molecule has 2 aromatic heterocycles. The minimum atomic E-state index is -0.470. The molecule has 114 valence electrons. The Morgan fingerprint density at radius 1 is 1.45 bits per heavy atom. The predicted octanol–water partition coefficient (Wildman–Crippen LogP) is 3.79. The second-order valence-corrected chi connectivity index (χ2v) is 5.40. The molecule has 0 saturated heterocycles. The van der Waals surface area contributed by atoms with Crippen molar-refractivity contribution < 1.29 is 8.81 Å². The van der Waals surface area contributed by atoms with Gasteiger partial charge in [-0.25, -0.2) is 9.49 Å². The smallest absolute Gasteiger partial charge is 0.285 e. The quantitative estimate of drug-likeness (QED) is 0.770. The molecular weight excluding hydrogens is 309 g/mol. The summed E-state index contributed by atoms with van der Waals surface area (Å²) in [5, 5.41) is 9.79. The highest BCUT2D eigenvalue weighted by molar-refractivity contribution is 6.32. The van der Waals surface area contributed by atoms with Crippen molar-refractivity contribution in [2.45, 2.75) is 19.9 Å². The van der Waals surface area contributed by atoms with Crippen molar-refractivity contribution in [2.24, 2.45) is 0 Å². The molecule has 3 rings (SSSR count). The van der Waals surface area contributed by atoms with Gasteiger partial charge >= 0.3 is 0 Å². The number of furan rings is 1. The summed E-state index contributed by atoms with van der Waals surface area (Å²) < 4.78 is 19.1. The first-order valence-corrected chi connectivity index (χ1v) is 7.03. The molecule has 0 aliphatic heterocycles. The van der Waals surface area contributed by atoms with Crippen LogP contribution in [0.2, 0.25) is 5.02 Å². The molecular formula is C15H13ClFN3O2. The highest BCUT2D eigenvalue weighted by atomic mass is 35.5. The number of hydrogen-bond donors (Lipinski definition) is 2. The van der Waals surface area contributed by atoms with Crippen molar-refractivity contribution in [3.8, 4) is 0 Å². The lowest BCUT2D eigenvalue weighted by Gasteiger charge is -2.14. The number of aromatic amines is 1. The van der Waals surface area contributed by atoms with Gasteiger partial charge in [-0.1, -0.05) is 11.6 Å². The zero-order valence-electron chi connectivity index (χ0n) is 11.9. The fourth-order valence-electron chi connectivity index (χ4n) is 2.41. The lowest BCUT2D eigenvalue weighted by atomic mass is 10.1. The zero-order valence-corrected chi connectivity index (χ0v) is 12.7. The highest BCUT2D eigenvalue weighted by Gasteiger charge is 2.18. The van der Waals surface area contributed by atoms with Gasteiger partial charge in [-0.2, -0.15) is 5.10 Å². The van der Waals surface area contributed by atoms with Crippen molar-refractivity contribution in [1.82, 2.24) is 10.2 Å². The number of nitrogens with zero attached hydrogens (tertiary/aromatic N) is 1. The predicted molar refractivity (Wildman–Crippen MR) is 82.8 cm³/mol. The number of H-pyrrole nitrogens is 1. The van der Waals surface area contributed by atoms with Gasteiger partial charge in [0.2, 0.25) is 0 Å². The molecule has 0 radical (unpaired) electrons. The molecule has 3 aromatic rings. The summed E-state index contributed by atoms with van der Waals surface area (Å²) >= 11 is 5.94. The molecule has 1 aromatic carbocycles. The number of aromatic nitrogens is 2. The number of nitrogens with one attached hydrogen (secondary N) is 2.